The number of rotatable bonds is 6. The summed E-state index contributed by atoms with van der Waals surface area (Å²) in [5.74, 6) is 1.18. The van der Waals surface area contributed by atoms with Gasteiger partial charge in [-0.05, 0) is 11.7 Å². The van der Waals surface area contributed by atoms with Crippen LogP contribution in [0.5, 0.6) is 0 Å². The lowest BCUT2D eigenvalue weighted by atomic mass is 10.2. The summed E-state index contributed by atoms with van der Waals surface area (Å²) in [6, 6.07) is 0. The number of thioether (sulfide) groups is 1. The number of hydrogen-bond donors (Lipinski definition) is 0. The second-order valence-electron chi connectivity index (χ2n) is 3.56. The molecule has 0 heterocycles. The summed E-state index contributed by atoms with van der Waals surface area (Å²) in [4.78, 5) is 11.0. The predicted octanol–water partition coefficient (Wildman–Crippen LogP) is 3.29. The molecule has 0 aromatic rings. The van der Waals surface area contributed by atoms with Crippen LogP contribution in [-0.2, 0) is 4.79 Å². The predicted molar refractivity (Wildman–Crippen MR) is 52.5 cm³/mol. The maximum absolute atomic E-state index is 11.7. The number of ketones is 1. The van der Waals surface area contributed by atoms with Gasteiger partial charge in [-0.2, -0.15) is 24.9 Å². The van der Waals surface area contributed by atoms with Crippen LogP contribution < -0.4 is 0 Å². The Morgan fingerprint density at radius 3 is 2.36 bits per heavy atom. The van der Waals surface area contributed by atoms with Crippen molar-refractivity contribution < 1.29 is 18.0 Å². The molecule has 14 heavy (non-hydrogen) atoms. The Morgan fingerprint density at radius 2 is 1.93 bits per heavy atom. The molecule has 0 aromatic heterocycles. The molecule has 84 valence electrons. The minimum Gasteiger partial charge on any atom is -0.299 e. The van der Waals surface area contributed by atoms with Gasteiger partial charge in [-0.15, -0.1) is 0 Å². The van der Waals surface area contributed by atoms with E-state index in [9.17, 15) is 18.0 Å². The normalized spacial score (nSPS) is 12.1. The van der Waals surface area contributed by atoms with Crippen molar-refractivity contribution in [2.45, 2.75) is 32.9 Å². The molecule has 0 atom stereocenters. The van der Waals surface area contributed by atoms with Gasteiger partial charge in [0.2, 0.25) is 0 Å². The first-order valence-corrected chi connectivity index (χ1v) is 5.63. The maximum atomic E-state index is 11.7. The zero-order chi connectivity index (χ0) is 11.2. The van der Waals surface area contributed by atoms with Crippen molar-refractivity contribution in [1.29, 1.82) is 0 Å². The standard InChI is InChI=1S/C9H15F3OS/c1-7(2)5-14-6-8(13)3-4-9(10,11)12/h7H,3-6H2,1-2H3. The van der Waals surface area contributed by atoms with E-state index < -0.39 is 12.6 Å². The fourth-order valence-corrected chi connectivity index (χ4v) is 1.72. The van der Waals surface area contributed by atoms with Crippen LogP contribution in [0.2, 0.25) is 0 Å². The Hall–Kier alpha value is -0.190. The van der Waals surface area contributed by atoms with Gasteiger partial charge in [-0.3, -0.25) is 4.79 Å². The highest BCUT2D eigenvalue weighted by Gasteiger charge is 2.27. The summed E-state index contributed by atoms with van der Waals surface area (Å²) in [7, 11) is 0. The van der Waals surface area contributed by atoms with Crippen molar-refractivity contribution in [3.8, 4) is 0 Å². The van der Waals surface area contributed by atoms with Crippen molar-refractivity contribution >= 4 is 17.5 Å². The van der Waals surface area contributed by atoms with Crippen LogP contribution in [0, 0.1) is 5.92 Å². The van der Waals surface area contributed by atoms with E-state index in [-0.39, 0.29) is 18.0 Å². The smallest absolute Gasteiger partial charge is 0.299 e. The van der Waals surface area contributed by atoms with Crippen LogP contribution in [0.25, 0.3) is 0 Å². The van der Waals surface area contributed by atoms with Gasteiger partial charge in [0.15, 0.2) is 0 Å². The summed E-state index contributed by atoms with van der Waals surface area (Å²) in [6.07, 6.45) is -5.58. The molecule has 0 fully saturated rings. The van der Waals surface area contributed by atoms with E-state index in [0.29, 0.717) is 5.92 Å². The molecule has 0 rings (SSSR count). The highest BCUT2D eigenvalue weighted by atomic mass is 32.2. The SMILES string of the molecule is CC(C)CSCC(=O)CCC(F)(F)F. The fourth-order valence-electron chi connectivity index (χ4n) is 0.762. The summed E-state index contributed by atoms with van der Waals surface area (Å²) < 4.78 is 35.1. The van der Waals surface area contributed by atoms with Crippen LogP contribution in [-0.4, -0.2) is 23.5 Å². The molecule has 0 bridgehead atoms. The molecular formula is C9H15F3OS. The van der Waals surface area contributed by atoms with Gasteiger partial charge in [0, 0.05) is 6.42 Å². The summed E-state index contributed by atoms with van der Waals surface area (Å²) in [6.45, 7) is 4.01. The van der Waals surface area contributed by atoms with Crippen LogP contribution in [0.3, 0.4) is 0 Å². The molecule has 1 nitrogen and oxygen atoms in total. The summed E-state index contributed by atoms with van der Waals surface area (Å²) >= 11 is 1.40. The lowest BCUT2D eigenvalue weighted by molar-refractivity contribution is -0.142. The van der Waals surface area contributed by atoms with Crippen LogP contribution in [0.15, 0.2) is 0 Å². The Balaban J connectivity index is 3.47. The van der Waals surface area contributed by atoms with Gasteiger partial charge in [0.05, 0.1) is 12.2 Å². The Bertz CT molecular complexity index is 177. The van der Waals surface area contributed by atoms with E-state index in [1.807, 2.05) is 13.8 Å². The largest absolute Gasteiger partial charge is 0.389 e. The quantitative estimate of drug-likeness (QED) is 0.694. The van der Waals surface area contributed by atoms with Crippen molar-refractivity contribution in [2.24, 2.45) is 5.92 Å². The van der Waals surface area contributed by atoms with Gasteiger partial charge in [0.25, 0.3) is 0 Å². The van der Waals surface area contributed by atoms with Gasteiger partial charge in [-0.25, -0.2) is 0 Å². The van der Waals surface area contributed by atoms with E-state index in [1.54, 1.807) is 0 Å². The Kier molecular flexibility index (Phi) is 6.24. The lowest BCUT2D eigenvalue weighted by Crippen LogP contribution is -2.12. The summed E-state index contributed by atoms with van der Waals surface area (Å²) in [5.41, 5.74) is 0. The average molecular weight is 228 g/mol. The minimum absolute atomic E-state index is 0.203. The number of hydrogen-bond acceptors (Lipinski definition) is 2. The first kappa shape index (κ1) is 13.8. The molecule has 0 aromatic carbocycles. The van der Waals surface area contributed by atoms with Gasteiger partial charge in [-0.1, -0.05) is 13.8 Å². The van der Waals surface area contributed by atoms with E-state index >= 15 is 0 Å². The summed E-state index contributed by atoms with van der Waals surface area (Å²) in [5, 5.41) is 0. The molecule has 0 aliphatic rings. The van der Waals surface area contributed by atoms with Crippen LogP contribution in [0.1, 0.15) is 26.7 Å². The molecule has 0 aliphatic heterocycles. The van der Waals surface area contributed by atoms with E-state index in [1.165, 1.54) is 11.8 Å². The van der Waals surface area contributed by atoms with Crippen LogP contribution >= 0.6 is 11.8 Å². The van der Waals surface area contributed by atoms with Crippen molar-refractivity contribution in [1.82, 2.24) is 0 Å². The van der Waals surface area contributed by atoms with E-state index in [0.717, 1.165) is 5.75 Å². The Morgan fingerprint density at radius 1 is 1.36 bits per heavy atom. The Labute approximate surface area is 86.4 Å². The third kappa shape index (κ3) is 9.89. The zero-order valence-corrected chi connectivity index (χ0v) is 9.17. The molecule has 5 heteroatoms. The van der Waals surface area contributed by atoms with E-state index in [4.69, 9.17) is 0 Å². The molecule has 0 aliphatic carbocycles. The fraction of sp³-hybridized carbons (Fsp3) is 0.889. The highest BCUT2D eigenvalue weighted by molar-refractivity contribution is 7.99. The third-order valence-corrected chi connectivity index (χ3v) is 2.83. The second kappa shape index (κ2) is 6.32. The van der Waals surface area contributed by atoms with Crippen molar-refractivity contribution in [2.75, 3.05) is 11.5 Å². The molecule has 0 spiro atoms. The zero-order valence-electron chi connectivity index (χ0n) is 8.36. The minimum atomic E-state index is -4.21. The number of carbonyl (C=O) groups is 1. The first-order valence-electron chi connectivity index (χ1n) is 4.47. The number of alkyl halides is 3. The van der Waals surface area contributed by atoms with Gasteiger partial charge in [0.1, 0.15) is 5.78 Å². The topological polar surface area (TPSA) is 17.1 Å². The molecule has 0 saturated carbocycles. The highest BCUT2D eigenvalue weighted by Crippen LogP contribution is 2.22. The molecule has 0 saturated heterocycles. The van der Waals surface area contributed by atoms with Crippen molar-refractivity contribution in [3.05, 3.63) is 0 Å². The van der Waals surface area contributed by atoms with Crippen molar-refractivity contribution in [3.63, 3.8) is 0 Å². The number of carbonyl (C=O) groups excluding carboxylic acids is 1. The third-order valence-electron chi connectivity index (χ3n) is 1.40. The van der Waals surface area contributed by atoms with Gasteiger partial charge < -0.3 is 0 Å². The lowest BCUT2D eigenvalue weighted by Gasteiger charge is -2.06. The molecular weight excluding hydrogens is 213 g/mol. The molecule has 0 amide bonds. The van der Waals surface area contributed by atoms with Gasteiger partial charge >= 0.3 is 6.18 Å². The van der Waals surface area contributed by atoms with Crippen LogP contribution in [0.4, 0.5) is 13.2 Å². The number of halogens is 3. The molecule has 0 unspecified atom stereocenters. The number of Topliss-reactive ketones (excluding diaryl/α,β-unsaturated/α-hetero) is 1. The molecule has 0 N–H and O–H groups in total. The average Bonchev–Trinajstić information content (AvgIpc) is 1.99. The monoisotopic (exact) mass is 228 g/mol. The maximum Gasteiger partial charge on any atom is 0.389 e. The van der Waals surface area contributed by atoms with E-state index in [2.05, 4.69) is 0 Å². The first-order chi connectivity index (χ1) is 6.31. The molecule has 0 radical (unpaired) electrons. The second-order valence-corrected chi connectivity index (χ2v) is 4.59.